The second-order valence-corrected chi connectivity index (χ2v) is 6.33. The fourth-order valence-electron chi connectivity index (χ4n) is 3.13. The number of aromatic nitrogens is 2. The molecule has 0 bridgehead atoms. The van der Waals surface area contributed by atoms with Gasteiger partial charge in [-0.2, -0.15) is 0 Å². The summed E-state index contributed by atoms with van der Waals surface area (Å²) in [5.74, 6) is -0.126. The maximum Gasteiger partial charge on any atom is 0.441 e. The van der Waals surface area contributed by atoms with Crippen LogP contribution >= 0.6 is 0 Å². The maximum absolute atomic E-state index is 12.0. The second-order valence-electron chi connectivity index (χ2n) is 6.33. The molecule has 130 valence electrons. The van der Waals surface area contributed by atoms with Gasteiger partial charge in [-0.25, -0.2) is 4.79 Å². The first-order chi connectivity index (χ1) is 11.6. The molecule has 1 aliphatic heterocycles. The summed E-state index contributed by atoms with van der Waals surface area (Å²) in [5, 5.41) is 14.3. The van der Waals surface area contributed by atoms with Crippen molar-refractivity contribution in [1.29, 1.82) is 0 Å². The SMILES string of the molecule is CC1COCC(C)N1CC(O)Cn1c(-c2ccccc2)noc1=O. The zero-order valence-electron chi connectivity index (χ0n) is 14.0. The largest absolute Gasteiger partial charge is 0.441 e. The standard InChI is InChI=1S/C17H23N3O4/c1-12-10-23-11-13(2)19(12)8-15(21)9-20-16(18-24-17(20)22)14-6-4-3-5-7-14/h3-7,12-13,15,21H,8-11H2,1-2H3. The number of benzene rings is 1. The number of β-amino-alcohol motifs (C(OH)–C–C–N with tert-alkyl or cyclic N) is 1. The average Bonchev–Trinajstić information content (AvgIpc) is 2.93. The van der Waals surface area contributed by atoms with Crippen LogP contribution in [-0.4, -0.2) is 57.7 Å². The fourth-order valence-corrected chi connectivity index (χ4v) is 3.13. The van der Waals surface area contributed by atoms with Crippen LogP contribution in [0.25, 0.3) is 11.4 Å². The number of ether oxygens (including phenoxy) is 1. The minimum absolute atomic E-state index is 0.142. The summed E-state index contributed by atoms with van der Waals surface area (Å²) in [7, 11) is 0. The minimum Gasteiger partial charge on any atom is -0.390 e. The van der Waals surface area contributed by atoms with Gasteiger partial charge in [-0.1, -0.05) is 35.5 Å². The first kappa shape index (κ1) is 16.9. The van der Waals surface area contributed by atoms with E-state index in [0.29, 0.717) is 25.6 Å². The monoisotopic (exact) mass is 333 g/mol. The summed E-state index contributed by atoms with van der Waals surface area (Å²) in [4.78, 5) is 14.2. The summed E-state index contributed by atoms with van der Waals surface area (Å²) in [6, 6.07) is 9.80. The molecular weight excluding hydrogens is 310 g/mol. The van der Waals surface area contributed by atoms with Gasteiger partial charge in [0.15, 0.2) is 5.82 Å². The molecule has 1 N–H and O–H groups in total. The van der Waals surface area contributed by atoms with E-state index in [9.17, 15) is 9.90 Å². The third-order valence-corrected chi connectivity index (χ3v) is 4.38. The van der Waals surface area contributed by atoms with E-state index in [1.54, 1.807) is 0 Å². The molecule has 7 nitrogen and oxygen atoms in total. The molecule has 0 radical (unpaired) electrons. The van der Waals surface area contributed by atoms with Gasteiger partial charge in [0.25, 0.3) is 0 Å². The Morgan fingerprint density at radius 3 is 2.54 bits per heavy atom. The van der Waals surface area contributed by atoms with Crippen molar-refractivity contribution < 1.29 is 14.4 Å². The Morgan fingerprint density at radius 1 is 1.21 bits per heavy atom. The molecule has 24 heavy (non-hydrogen) atoms. The van der Waals surface area contributed by atoms with Gasteiger partial charge < -0.3 is 9.84 Å². The lowest BCUT2D eigenvalue weighted by atomic mass is 10.1. The molecule has 1 saturated heterocycles. The van der Waals surface area contributed by atoms with Crippen molar-refractivity contribution in [1.82, 2.24) is 14.6 Å². The number of hydrogen-bond donors (Lipinski definition) is 1. The van der Waals surface area contributed by atoms with Crippen molar-refractivity contribution in [3.63, 3.8) is 0 Å². The lowest BCUT2D eigenvalue weighted by molar-refractivity contribution is -0.0551. The summed E-state index contributed by atoms with van der Waals surface area (Å²) in [5.41, 5.74) is 0.781. The van der Waals surface area contributed by atoms with Gasteiger partial charge in [0.05, 0.1) is 25.9 Å². The fraction of sp³-hybridized carbons (Fsp3) is 0.529. The number of morpholine rings is 1. The Hall–Kier alpha value is -1.96. The topological polar surface area (TPSA) is 80.7 Å². The third-order valence-electron chi connectivity index (χ3n) is 4.38. The van der Waals surface area contributed by atoms with Crippen molar-refractivity contribution >= 4 is 0 Å². The molecule has 3 rings (SSSR count). The van der Waals surface area contributed by atoms with Crippen molar-refractivity contribution in [2.75, 3.05) is 19.8 Å². The van der Waals surface area contributed by atoms with Crippen molar-refractivity contribution in [3.05, 3.63) is 40.9 Å². The molecular formula is C17H23N3O4. The Morgan fingerprint density at radius 2 is 1.88 bits per heavy atom. The number of rotatable bonds is 5. The Bertz CT molecular complexity index is 702. The van der Waals surface area contributed by atoms with Gasteiger partial charge >= 0.3 is 5.76 Å². The van der Waals surface area contributed by atoms with Crippen LogP contribution in [0.5, 0.6) is 0 Å². The molecule has 3 unspecified atom stereocenters. The van der Waals surface area contributed by atoms with Crippen LogP contribution in [0.4, 0.5) is 0 Å². The number of nitrogens with zero attached hydrogens (tertiary/aromatic N) is 3. The van der Waals surface area contributed by atoms with E-state index in [-0.39, 0.29) is 18.6 Å². The lowest BCUT2D eigenvalue weighted by Gasteiger charge is -2.39. The highest BCUT2D eigenvalue weighted by molar-refractivity contribution is 5.54. The summed E-state index contributed by atoms with van der Waals surface area (Å²) in [6.07, 6.45) is -0.701. The van der Waals surface area contributed by atoms with E-state index in [0.717, 1.165) is 5.56 Å². The Labute approximate surface area is 140 Å². The quantitative estimate of drug-likeness (QED) is 0.878. The van der Waals surface area contributed by atoms with Crippen molar-refractivity contribution in [2.24, 2.45) is 0 Å². The maximum atomic E-state index is 12.0. The molecule has 1 aromatic carbocycles. The summed E-state index contributed by atoms with van der Waals surface area (Å²) in [6.45, 7) is 6.06. The summed E-state index contributed by atoms with van der Waals surface area (Å²) < 4.78 is 11.7. The molecule has 3 atom stereocenters. The molecule has 0 spiro atoms. The molecule has 0 amide bonds. The molecule has 0 aliphatic carbocycles. The molecule has 1 aromatic heterocycles. The van der Waals surface area contributed by atoms with E-state index in [4.69, 9.17) is 9.26 Å². The van der Waals surface area contributed by atoms with Crippen LogP contribution in [0.1, 0.15) is 13.8 Å². The van der Waals surface area contributed by atoms with E-state index in [2.05, 4.69) is 23.9 Å². The predicted molar refractivity (Wildman–Crippen MR) is 88.7 cm³/mol. The van der Waals surface area contributed by atoms with Crippen LogP contribution in [0.15, 0.2) is 39.6 Å². The molecule has 0 saturated carbocycles. The van der Waals surface area contributed by atoms with Gasteiger partial charge in [-0.3, -0.25) is 14.0 Å². The number of hydrogen-bond acceptors (Lipinski definition) is 6. The predicted octanol–water partition coefficient (Wildman–Crippen LogP) is 0.973. The van der Waals surface area contributed by atoms with Gasteiger partial charge in [0, 0.05) is 24.2 Å². The molecule has 1 fully saturated rings. The molecule has 7 heteroatoms. The normalized spacial score (nSPS) is 23.3. The highest BCUT2D eigenvalue weighted by Gasteiger charge is 2.28. The second kappa shape index (κ2) is 7.29. The highest BCUT2D eigenvalue weighted by Crippen LogP contribution is 2.17. The van der Waals surface area contributed by atoms with Crippen molar-refractivity contribution in [3.8, 4) is 11.4 Å². The van der Waals surface area contributed by atoms with E-state index >= 15 is 0 Å². The van der Waals surface area contributed by atoms with Gasteiger partial charge in [0.2, 0.25) is 0 Å². The zero-order chi connectivity index (χ0) is 17.1. The number of aliphatic hydroxyl groups excluding tert-OH is 1. The van der Waals surface area contributed by atoms with E-state index in [1.165, 1.54) is 4.57 Å². The molecule has 2 heterocycles. The van der Waals surface area contributed by atoms with Crippen LogP contribution in [0.3, 0.4) is 0 Å². The summed E-state index contributed by atoms with van der Waals surface area (Å²) >= 11 is 0. The Balaban J connectivity index is 1.74. The van der Waals surface area contributed by atoms with Crippen molar-refractivity contribution in [2.45, 2.75) is 38.6 Å². The number of aliphatic hydroxyl groups is 1. The minimum atomic E-state index is -0.701. The van der Waals surface area contributed by atoms with Gasteiger partial charge in [-0.15, -0.1) is 0 Å². The van der Waals surface area contributed by atoms with Crippen LogP contribution < -0.4 is 5.76 Å². The van der Waals surface area contributed by atoms with E-state index < -0.39 is 11.9 Å². The van der Waals surface area contributed by atoms with Crippen LogP contribution in [-0.2, 0) is 11.3 Å². The highest BCUT2D eigenvalue weighted by atomic mass is 16.5. The molecule has 1 aliphatic rings. The van der Waals surface area contributed by atoms with Crippen LogP contribution in [0, 0.1) is 0 Å². The molecule has 2 aromatic rings. The first-order valence-corrected chi connectivity index (χ1v) is 8.19. The first-order valence-electron chi connectivity index (χ1n) is 8.19. The smallest absolute Gasteiger partial charge is 0.390 e. The van der Waals surface area contributed by atoms with Crippen LogP contribution in [0.2, 0.25) is 0 Å². The zero-order valence-corrected chi connectivity index (χ0v) is 14.0. The third kappa shape index (κ3) is 3.58. The average molecular weight is 333 g/mol. The van der Waals surface area contributed by atoms with E-state index in [1.807, 2.05) is 30.3 Å². The Kier molecular flexibility index (Phi) is 5.13. The van der Waals surface area contributed by atoms with Gasteiger partial charge in [0.1, 0.15) is 0 Å². The lowest BCUT2D eigenvalue weighted by Crippen LogP contribution is -2.52. The van der Waals surface area contributed by atoms with Gasteiger partial charge in [-0.05, 0) is 13.8 Å².